The molecule has 5 heteroatoms. The molecule has 0 atom stereocenters. The molecule has 0 saturated carbocycles. The Hall–Kier alpha value is -3.08. The van der Waals surface area contributed by atoms with Crippen molar-refractivity contribution in [3.63, 3.8) is 0 Å². The second-order valence-electron chi connectivity index (χ2n) is 6.04. The largest absolute Gasteiger partial charge is 0.494 e. The molecule has 0 radical (unpaired) electrons. The zero-order valence-electron chi connectivity index (χ0n) is 14.8. The molecule has 5 nitrogen and oxygen atoms in total. The van der Waals surface area contributed by atoms with Crippen LogP contribution >= 0.6 is 0 Å². The average Bonchev–Trinajstić information content (AvgIpc) is 2.62. The number of nitrogens with one attached hydrogen (secondary N) is 1. The molecule has 1 aromatic heterocycles. The van der Waals surface area contributed by atoms with E-state index in [9.17, 15) is 4.79 Å². The fourth-order valence-electron chi connectivity index (χ4n) is 2.75. The van der Waals surface area contributed by atoms with Crippen molar-refractivity contribution in [2.75, 3.05) is 26.5 Å². The van der Waals surface area contributed by atoms with E-state index < -0.39 is 0 Å². The lowest BCUT2D eigenvalue weighted by molar-refractivity contribution is 0.0828. The van der Waals surface area contributed by atoms with Crippen LogP contribution in [0.2, 0.25) is 0 Å². The molecule has 3 rings (SSSR count). The number of aryl methyl sites for hydroxylation is 1. The van der Waals surface area contributed by atoms with Crippen LogP contribution in [0, 0.1) is 6.92 Å². The summed E-state index contributed by atoms with van der Waals surface area (Å²) in [6.45, 7) is 2.03. The molecule has 0 aliphatic heterocycles. The molecule has 1 N–H and O–H groups in total. The van der Waals surface area contributed by atoms with Gasteiger partial charge in [0, 0.05) is 31.4 Å². The number of hydrogen-bond donors (Lipinski definition) is 1. The van der Waals surface area contributed by atoms with Gasteiger partial charge < -0.3 is 15.0 Å². The summed E-state index contributed by atoms with van der Waals surface area (Å²) in [7, 11) is 5.08. The first kappa shape index (κ1) is 16.8. The quantitative estimate of drug-likeness (QED) is 0.783. The van der Waals surface area contributed by atoms with Gasteiger partial charge in [-0.3, -0.25) is 9.78 Å². The van der Waals surface area contributed by atoms with E-state index >= 15 is 0 Å². The number of benzene rings is 2. The van der Waals surface area contributed by atoms with Crippen molar-refractivity contribution >= 4 is 28.2 Å². The van der Waals surface area contributed by atoms with Crippen LogP contribution in [0.4, 0.5) is 11.4 Å². The minimum atomic E-state index is -0.103. The molecule has 0 fully saturated rings. The molecular formula is C20H21N3O2. The Bertz CT molecular complexity index is 935. The number of rotatable bonds is 4. The van der Waals surface area contributed by atoms with Gasteiger partial charge in [0.15, 0.2) is 0 Å². The maximum Gasteiger partial charge on any atom is 0.257 e. The molecule has 0 aliphatic rings. The van der Waals surface area contributed by atoms with Gasteiger partial charge in [-0.1, -0.05) is 30.3 Å². The van der Waals surface area contributed by atoms with Gasteiger partial charge in [0.2, 0.25) is 0 Å². The van der Waals surface area contributed by atoms with Gasteiger partial charge in [0.05, 0.1) is 18.4 Å². The van der Waals surface area contributed by atoms with Gasteiger partial charge >= 0.3 is 0 Å². The number of pyridine rings is 1. The van der Waals surface area contributed by atoms with Crippen LogP contribution in [0.5, 0.6) is 5.75 Å². The number of aromatic nitrogens is 1. The summed E-state index contributed by atoms with van der Waals surface area (Å²) in [5.41, 5.74) is 4.02. The van der Waals surface area contributed by atoms with Crippen LogP contribution in [0.15, 0.2) is 48.7 Å². The number of hydrogen-bond acceptors (Lipinski definition) is 4. The van der Waals surface area contributed by atoms with E-state index in [-0.39, 0.29) is 5.91 Å². The van der Waals surface area contributed by atoms with Crippen molar-refractivity contribution in [2.24, 2.45) is 0 Å². The third kappa shape index (κ3) is 3.13. The van der Waals surface area contributed by atoms with Crippen molar-refractivity contribution < 1.29 is 9.53 Å². The highest BCUT2D eigenvalue weighted by Gasteiger charge is 2.19. The lowest BCUT2D eigenvalue weighted by Gasteiger charge is -2.18. The van der Waals surface area contributed by atoms with E-state index in [1.165, 1.54) is 0 Å². The highest BCUT2D eigenvalue weighted by molar-refractivity contribution is 6.09. The van der Waals surface area contributed by atoms with Crippen LogP contribution in [-0.2, 0) is 0 Å². The third-order valence-corrected chi connectivity index (χ3v) is 4.12. The van der Waals surface area contributed by atoms with Crippen molar-refractivity contribution in [1.29, 1.82) is 0 Å². The maximum absolute atomic E-state index is 12.7. The van der Waals surface area contributed by atoms with Crippen LogP contribution < -0.4 is 10.1 Å². The summed E-state index contributed by atoms with van der Waals surface area (Å²) in [6, 6.07) is 13.7. The molecule has 25 heavy (non-hydrogen) atoms. The van der Waals surface area contributed by atoms with E-state index in [0.29, 0.717) is 11.3 Å². The van der Waals surface area contributed by atoms with E-state index in [4.69, 9.17) is 4.74 Å². The standard InChI is InChI=1S/C20H21N3O2/c1-13-8-5-6-10-16(13)22-18-14-9-7-11-17(25-4)19(14)21-12-15(18)20(24)23(2)3/h5-12H,1-4H3,(H,21,22). The summed E-state index contributed by atoms with van der Waals surface area (Å²) in [6.07, 6.45) is 1.60. The second-order valence-corrected chi connectivity index (χ2v) is 6.04. The van der Waals surface area contributed by atoms with Gasteiger partial charge in [-0.2, -0.15) is 0 Å². The number of carbonyl (C=O) groups excluding carboxylic acids is 1. The fraction of sp³-hybridized carbons (Fsp3) is 0.200. The molecule has 0 unspecified atom stereocenters. The SMILES string of the molecule is COc1cccc2c(Nc3ccccc3C)c(C(=O)N(C)C)cnc12. The molecule has 2 aromatic carbocycles. The molecule has 0 saturated heterocycles. The minimum Gasteiger partial charge on any atom is -0.494 e. The van der Waals surface area contributed by atoms with Crippen LogP contribution in [0.25, 0.3) is 10.9 Å². The van der Waals surface area contributed by atoms with E-state index in [0.717, 1.165) is 27.8 Å². The van der Waals surface area contributed by atoms with Crippen LogP contribution in [-0.4, -0.2) is 37.0 Å². The fourth-order valence-corrected chi connectivity index (χ4v) is 2.75. The number of methoxy groups -OCH3 is 1. The summed E-state index contributed by atoms with van der Waals surface area (Å²) in [5, 5.41) is 4.27. The Labute approximate surface area is 147 Å². The molecule has 0 spiro atoms. The van der Waals surface area contributed by atoms with Crippen molar-refractivity contribution in [3.8, 4) is 5.75 Å². The first-order valence-electron chi connectivity index (χ1n) is 8.03. The Morgan fingerprint density at radius 2 is 1.88 bits per heavy atom. The van der Waals surface area contributed by atoms with Gasteiger partial charge in [0.1, 0.15) is 11.3 Å². The maximum atomic E-state index is 12.7. The zero-order valence-corrected chi connectivity index (χ0v) is 14.8. The topological polar surface area (TPSA) is 54.5 Å². The number of amides is 1. The highest BCUT2D eigenvalue weighted by Crippen LogP contribution is 2.34. The van der Waals surface area contributed by atoms with Crippen LogP contribution in [0.1, 0.15) is 15.9 Å². The summed E-state index contributed by atoms with van der Waals surface area (Å²) in [5.74, 6) is 0.572. The second kappa shape index (κ2) is 6.81. The highest BCUT2D eigenvalue weighted by atomic mass is 16.5. The number of para-hydroxylation sites is 2. The Morgan fingerprint density at radius 3 is 2.56 bits per heavy atom. The summed E-state index contributed by atoms with van der Waals surface area (Å²) < 4.78 is 5.42. The molecule has 0 bridgehead atoms. The number of anilines is 2. The lowest BCUT2D eigenvalue weighted by atomic mass is 10.1. The molecule has 128 valence electrons. The normalized spacial score (nSPS) is 10.6. The predicted octanol–water partition coefficient (Wildman–Crippen LogP) is 4.00. The number of nitrogens with zero attached hydrogens (tertiary/aromatic N) is 2. The van der Waals surface area contributed by atoms with Gasteiger partial charge in [-0.25, -0.2) is 0 Å². The van der Waals surface area contributed by atoms with E-state index in [1.54, 1.807) is 32.3 Å². The van der Waals surface area contributed by atoms with Gasteiger partial charge in [-0.15, -0.1) is 0 Å². The van der Waals surface area contributed by atoms with Crippen molar-refractivity contribution in [2.45, 2.75) is 6.92 Å². The number of ether oxygens (including phenoxy) is 1. The zero-order chi connectivity index (χ0) is 18.0. The molecule has 0 aliphatic carbocycles. The Balaban J connectivity index is 2.26. The number of carbonyl (C=O) groups is 1. The average molecular weight is 335 g/mol. The Kier molecular flexibility index (Phi) is 4.57. The van der Waals surface area contributed by atoms with E-state index in [2.05, 4.69) is 10.3 Å². The molecule has 3 aromatic rings. The minimum absolute atomic E-state index is 0.103. The predicted molar refractivity (Wildman–Crippen MR) is 101 cm³/mol. The van der Waals surface area contributed by atoms with Gasteiger partial charge in [-0.05, 0) is 24.6 Å². The smallest absolute Gasteiger partial charge is 0.257 e. The Morgan fingerprint density at radius 1 is 1.12 bits per heavy atom. The number of fused-ring (bicyclic) bond motifs is 1. The first-order valence-corrected chi connectivity index (χ1v) is 8.03. The molecule has 1 amide bonds. The summed E-state index contributed by atoms with van der Waals surface area (Å²) >= 11 is 0. The van der Waals surface area contributed by atoms with Crippen LogP contribution in [0.3, 0.4) is 0 Å². The van der Waals surface area contributed by atoms with Gasteiger partial charge in [0.25, 0.3) is 5.91 Å². The monoisotopic (exact) mass is 335 g/mol. The third-order valence-electron chi connectivity index (χ3n) is 4.12. The van der Waals surface area contributed by atoms with Crippen molar-refractivity contribution in [3.05, 3.63) is 59.8 Å². The molecular weight excluding hydrogens is 314 g/mol. The molecule has 1 heterocycles. The first-order chi connectivity index (χ1) is 12.0. The summed E-state index contributed by atoms with van der Waals surface area (Å²) in [4.78, 5) is 18.7. The lowest BCUT2D eigenvalue weighted by Crippen LogP contribution is -2.23. The van der Waals surface area contributed by atoms with E-state index in [1.807, 2.05) is 49.4 Å². The van der Waals surface area contributed by atoms with Crippen molar-refractivity contribution in [1.82, 2.24) is 9.88 Å².